The molecular formula is C13H15F6N3. The normalized spacial score (nSPS) is 23.4. The lowest BCUT2D eigenvalue weighted by atomic mass is 9.91. The SMILES string of the molecule is NC1CCC(Nc2cc(C(F)(F)F)nc(C(F)(F)F)c2)CC1. The molecule has 3 nitrogen and oxygen atoms in total. The molecule has 0 unspecified atom stereocenters. The zero-order chi connectivity index (χ0) is 16.5. The van der Waals surface area contributed by atoms with Crippen LogP contribution in [-0.4, -0.2) is 17.1 Å². The van der Waals surface area contributed by atoms with Crippen molar-refractivity contribution in [3.05, 3.63) is 23.5 Å². The van der Waals surface area contributed by atoms with Crippen molar-refractivity contribution >= 4 is 5.69 Å². The fourth-order valence-electron chi connectivity index (χ4n) is 2.40. The molecule has 2 rings (SSSR count). The van der Waals surface area contributed by atoms with E-state index in [2.05, 4.69) is 10.3 Å². The standard InChI is InChI=1S/C13H15F6N3/c14-12(15,16)10-5-9(6-11(22-10)13(17,18)19)21-8-3-1-7(20)2-4-8/h5-8H,1-4,20H2,(H,21,22). The minimum atomic E-state index is -4.94. The minimum Gasteiger partial charge on any atom is -0.382 e. The van der Waals surface area contributed by atoms with Gasteiger partial charge in [-0.3, -0.25) is 0 Å². The van der Waals surface area contributed by atoms with Gasteiger partial charge < -0.3 is 11.1 Å². The predicted octanol–water partition coefficient (Wildman–Crippen LogP) is 3.80. The summed E-state index contributed by atoms with van der Waals surface area (Å²) in [7, 11) is 0. The maximum Gasteiger partial charge on any atom is 0.433 e. The first kappa shape index (κ1) is 16.9. The van der Waals surface area contributed by atoms with Gasteiger partial charge in [0.15, 0.2) is 0 Å². The maximum atomic E-state index is 12.7. The number of rotatable bonds is 2. The second-order valence-corrected chi connectivity index (χ2v) is 5.38. The molecule has 0 spiro atoms. The van der Waals surface area contributed by atoms with Gasteiger partial charge in [-0.05, 0) is 37.8 Å². The molecule has 1 aliphatic carbocycles. The number of alkyl halides is 6. The summed E-state index contributed by atoms with van der Waals surface area (Å²) in [6, 6.07) is 1.05. The van der Waals surface area contributed by atoms with Crippen molar-refractivity contribution in [2.75, 3.05) is 5.32 Å². The van der Waals surface area contributed by atoms with Crippen molar-refractivity contribution in [1.82, 2.24) is 4.98 Å². The average molecular weight is 327 g/mol. The Morgan fingerprint density at radius 2 is 1.36 bits per heavy atom. The Balaban J connectivity index is 2.26. The van der Waals surface area contributed by atoms with Crippen LogP contribution in [0.3, 0.4) is 0 Å². The van der Waals surface area contributed by atoms with Gasteiger partial charge in [0.2, 0.25) is 0 Å². The number of hydrogen-bond donors (Lipinski definition) is 2. The molecule has 9 heteroatoms. The molecule has 1 fully saturated rings. The summed E-state index contributed by atoms with van der Waals surface area (Å²) in [6.45, 7) is 0. The molecule has 1 aliphatic rings. The van der Waals surface area contributed by atoms with Gasteiger partial charge in [0, 0.05) is 17.8 Å². The Morgan fingerprint density at radius 1 is 0.909 bits per heavy atom. The van der Waals surface area contributed by atoms with Gasteiger partial charge in [-0.1, -0.05) is 0 Å². The fraction of sp³-hybridized carbons (Fsp3) is 0.615. The number of pyridine rings is 1. The molecule has 1 aromatic heterocycles. The molecule has 124 valence electrons. The van der Waals surface area contributed by atoms with Crippen LogP contribution in [0.25, 0.3) is 0 Å². The van der Waals surface area contributed by atoms with E-state index in [0.29, 0.717) is 37.8 Å². The van der Waals surface area contributed by atoms with Crippen molar-refractivity contribution in [3.63, 3.8) is 0 Å². The third-order valence-corrected chi connectivity index (χ3v) is 3.55. The van der Waals surface area contributed by atoms with Crippen LogP contribution in [0.5, 0.6) is 0 Å². The van der Waals surface area contributed by atoms with Crippen LogP contribution in [0.2, 0.25) is 0 Å². The van der Waals surface area contributed by atoms with Crippen LogP contribution in [0.1, 0.15) is 37.1 Å². The number of hydrogen-bond acceptors (Lipinski definition) is 3. The van der Waals surface area contributed by atoms with Crippen molar-refractivity contribution in [1.29, 1.82) is 0 Å². The summed E-state index contributed by atoms with van der Waals surface area (Å²) in [5.74, 6) is 0. The molecule has 0 atom stereocenters. The summed E-state index contributed by atoms with van der Waals surface area (Å²) in [5.41, 5.74) is 2.37. The molecule has 1 heterocycles. The molecule has 22 heavy (non-hydrogen) atoms. The lowest BCUT2D eigenvalue weighted by Crippen LogP contribution is -2.33. The van der Waals surface area contributed by atoms with E-state index in [1.165, 1.54) is 0 Å². The van der Waals surface area contributed by atoms with Gasteiger partial charge in [0.25, 0.3) is 0 Å². The van der Waals surface area contributed by atoms with E-state index in [1.807, 2.05) is 0 Å². The molecule has 0 aromatic carbocycles. The average Bonchev–Trinajstić information content (AvgIpc) is 2.39. The lowest BCUT2D eigenvalue weighted by Gasteiger charge is -2.28. The Labute approximate surface area is 122 Å². The first-order valence-corrected chi connectivity index (χ1v) is 6.74. The Morgan fingerprint density at radius 3 is 1.77 bits per heavy atom. The first-order valence-electron chi connectivity index (χ1n) is 6.74. The summed E-state index contributed by atoms with van der Waals surface area (Å²) < 4.78 is 76.2. The van der Waals surface area contributed by atoms with E-state index in [0.717, 1.165) is 0 Å². The summed E-state index contributed by atoms with van der Waals surface area (Å²) in [4.78, 5) is 2.67. The zero-order valence-electron chi connectivity index (χ0n) is 11.4. The van der Waals surface area contributed by atoms with Gasteiger partial charge in [-0.25, -0.2) is 4.98 Å². The second-order valence-electron chi connectivity index (χ2n) is 5.38. The molecular weight excluding hydrogens is 312 g/mol. The van der Waals surface area contributed by atoms with Crippen molar-refractivity contribution in [3.8, 4) is 0 Å². The van der Waals surface area contributed by atoms with Crippen LogP contribution in [0, 0.1) is 0 Å². The molecule has 3 N–H and O–H groups in total. The Kier molecular flexibility index (Phi) is 4.55. The zero-order valence-corrected chi connectivity index (χ0v) is 11.4. The Hall–Kier alpha value is -1.51. The number of nitrogens with two attached hydrogens (primary N) is 1. The summed E-state index contributed by atoms with van der Waals surface area (Å²) in [6.07, 6.45) is -7.31. The van der Waals surface area contributed by atoms with Gasteiger partial charge in [0.1, 0.15) is 11.4 Å². The quantitative estimate of drug-likeness (QED) is 0.813. The third kappa shape index (κ3) is 4.25. The molecule has 0 bridgehead atoms. The van der Waals surface area contributed by atoms with E-state index in [-0.39, 0.29) is 17.8 Å². The van der Waals surface area contributed by atoms with Crippen molar-refractivity contribution in [2.45, 2.75) is 50.1 Å². The number of nitrogens with one attached hydrogen (secondary N) is 1. The topological polar surface area (TPSA) is 50.9 Å². The number of anilines is 1. The van der Waals surface area contributed by atoms with E-state index < -0.39 is 23.7 Å². The Bertz CT molecular complexity index is 485. The van der Waals surface area contributed by atoms with Crippen LogP contribution in [-0.2, 0) is 12.4 Å². The largest absolute Gasteiger partial charge is 0.433 e. The molecule has 0 radical (unpaired) electrons. The molecule has 0 amide bonds. The predicted molar refractivity (Wildman–Crippen MR) is 68.1 cm³/mol. The summed E-state index contributed by atoms with van der Waals surface area (Å²) >= 11 is 0. The number of nitrogens with zero attached hydrogens (tertiary/aromatic N) is 1. The lowest BCUT2D eigenvalue weighted by molar-refractivity contribution is -0.150. The third-order valence-electron chi connectivity index (χ3n) is 3.55. The smallest absolute Gasteiger partial charge is 0.382 e. The van der Waals surface area contributed by atoms with Gasteiger partial charge in [-0.15, -0.1) is 0 Å². The highest BCUT2D eigenvalue weighted by Gasteiger charge is 2.39. The highest BCUT2D eigenvalue weighted by Crippen LogP contribution is 2.35. The first-order chi connectivity index (χ1) is 10.1. The van der Waals surface area contributed by atoms with Crippen molar-refractivity contribution < 1.29 is 26.3 Å². The highest BCUT2D eigenvalue weighted by molar-refractivity contribution is 5.47. The fourth-order valence-corrected chi connectivity index (χ4v) is 2.40. The molecule has 1 saturated carbocycles. The van der Waals surface area contributed by atoms with Gasteiger partial charge >= 0.3 is 12.4 Å². The van der Waals surface area contributed by atoms with Crippen molar-refractivity contribution in [2.24, 2.45) is 5.73 Å². The maximum absolute atomic E-state index is 12.7. The minimum absolute atomic E-state index is 0.0342. The second kappa shape index (κ2) is 5.94. The van der Waals surface area contributed by atoms with E-state index in [1.54, 1.807) is 0 Å². The highest BCUT2D eigenvalue weighted by atomic mass is 19.4. The monoisotopic (exact) mass is 327 g/mol. The van der Waals surface area contributed by atoms with E-state index >= 15 is 0 Å². The van der Waals surface area contributed by atoms with Crippen LogP contribution in [0.15, 0.2) is 12.1 Å². The summed E-state index contributed by atoms with van der Waals surface area (Å²) in [5, 5.41) is 2.73. The van der Waals surface area contributed by atoms with Crippen LogP contribution < -0.4 is 11.1 Å². The van der Waals surface area contributed by atoms with E-state index in [9.17, 15) is 26.3 Å². The van der Waals surface area contributed by atoms with Gasteiger partial charge in [0.05, 0.1) is 0 Å². The molecule has 0 aliphatic heterocycles. The molecule has 0 saturated heterocycles. The van der Waals surface area contributed by atoms with Crippen LogP contribution in [0.4, 0.5) is 32.0 Å². The number of aromatic nitrogens is 1. The number of halogens is 6. The van der Waals surface area contributed by atoms with E-state index in [4.69, 9.17) is 5.73 Å². The molecule has 1 aromatic rings. The van der Waals surface area contributed by atoms with Gasteiger partial charge in [-0.2, -0.15) is 26.3 Å². The van der Waals surface area contributed by atoms with Crippen LogP contribution >= 0.6 is 0 Å².